The van der Waals surface area contributed by atoms with Gasteiger partial charge in [-0.15, -0.1) is 0 Å². The Bertz CT molecular complexity index is 419. The summed E-state index contributed by atoms with van der Waals surface area (Å²) in [6.45, 7) is 6.33. The van der Waals surface area contributed by atoms with E-state index < -0.39 is 0 Å². The second-order valence-corrected chi connectivity index (χ2v) is 6.04. The Balaban J connectivity index is 2.08. The van der Waals surface area contributed by atoms with E-state index in [2.05, 4.69) is 46.3 Å². The molecule has 0 aromatic carbocycles. The largest absolute Gasteiger partial charge is 0.305 e. The van der Waals surface area contributed by atoms with Crippen LogP contribution in [0, 0.1) is 0 Å². The predicted octanol–water partition coefficient (Wildman–Crippen LogP) is -0.302. The first kappa shape index (κ1) is 16.4. The highest BCUT2D eigenvalue weighted by atomic mass is 15.3. The van der Waals surface area contributed by atoms with Gasteiger partial charge in [0.05, 0.1) is 0 Å². The molecular weight excluding hydrogens is 266 g/mol. The van der Waals surface area contributed by atoms with Gasteiger partial charge < -0.3 is 9.80 Å². The average molecular weight is 295 g/mol. The summed E-state index contributed by atoms with van der Waals surface area (Å²) >= 11 is 0. The van der Waals surface area contributed by atoms with Gasteiger partial charge in [-0.2, -0.15) is 5.10 Å². The van der Waals surface area contributed by atoms with Gasteiger partial charge in [-0.05, 0) is 40.0 Å². The van der Waals surface area contributed by atoms with E-state index in [1.54, 1.807) is 6.33 Å². The van der Waals surface area contributed by atoms with Gasteiger partial charge in [-0.25, -0.2) is 4.98 Å². The van der Waals surface area contributed by atoms with Crippen molar-refractivity contribution in [3.63, 3.8) is 0 Å². The first-order valence-electron chi connectivity index (χ1n) is 7.87. The molecule has 0 aliphatic carbocycles. The third kappa shape index (κ3) is 4.23. The first-order valence-corrected chi connectivity index (χ1v) is 7.87. The highest BCUT2D eigenvalue weighted by molar-refractivity contribution is 4.96. The quantitative estimate of drug-likeness (QED) is 0.554. The summed E-state index contributed by atoms with van der Waals surface area (Å²) in [4.78, 5) is 9.20. The molecule has 120 valence electrons. The minimum absolute atomic E-state index is 0.176. The Kier molecular flexibility index (Phi) is 6.10. The number of hydrogen-bond donors (Lipinski definition) is 2. The van der Waals surface area contributed by atoms with Crippen molar-refractivity contribution in [1.29, 1.82) is 0 Å². The number of rotatable bonds is 6. The van der Waals surface area contributed by atoms with Gasteiger partial charge in [0.25, 0.3) is 0 Å². The summed E-state index contributed by atoms with van der Waals surface area (Å²) in [7, 11) is 4.37. The van der Waals surface area contributed by atoms with Crippen molar-refractivity contribution in [3.8, 4) is 0 Å². The SMILES string of the molecule is CCCn1ncnc1CC(NN)C1CN(C)CCCN1C. The lowest BCUT2D eigenvalue weighted by molar-refractivity contribution is 0.175. The molecule has 0 amide bonds. The Labute approximate surface area is 127 Å². The van der Waals surface area contributed by atoms with E-state index in [9.17, 15) is 0 Å². The Morgan fingerprint density at radius 2 is 2.24 bits per heavy atom. The Morgan fingerprint density at radius 3 is 2.95 bits per heavy atom. The summed E-state index contributed by atoms with van der Waals surface area (Å²) in [6.07, 6.45) is 4.71. The fourth-order valence-corrected chi connectivity index (χ4v) is 3.09. The van der Waals surface area contributed by atoms with Crippen LogP contribution in [0.3, 0.4) is 0 Å². The van der Waals surface area contributed by atoms with Gasteiger partial charge in [0.2, 0.25) is 0 Å². The molecule has 1 aliphatic heterocycles. The van der Waals surface area contributed by atoms with Crippen molar-refractivity contribution in [2.75, 3.05) is 33.7 Å². The summed E-state index contributed by atoms with van der Waals surface area (Å²) < 4.78 is 1.99. The number of nitrogens with one attached hydrogen (secondary N) is 1. The molecule has 1 aliphatic rings. The van der Waals surface area contributed by atoms with Crippen molar-refractivity contribution in [2.24, 2.45) is 5.84 Å². The molecule has 0 radical (unpaired) electrons. The molecule has 2 heterocycles. The van der Waals surface area contributed by atoms with E-state index >= 15 is 0 Å². The van der Waals surface area contributed by atoms with Gasteiger partial charge in [0, 0.05) is 31.6 Å². The molecule has 3 N–H and O–H groups in total. The van der Waals surface area contributed by atoms with Gasteiger partial charge in [-0.1, -0.05) is 6.92 Å². The minimum atomic E-state index is 0.176. The van der Waals surface area contributed by atoms with Crippen molar-refractivity contribution in [2.45, 2.75) is 44.8 Å². The molecule has 21 heavy (non-hydrogen) atoms. The number of nitrogens with two attached hydrogens (primary N) is 1. The van der Waals surface area contributed by atoms with Crippen molar-refractivity contribution in [3.05, 3.63) is 12.2 Å². The number of likely N-dealkylation sites (N-methyl/N-ethyl adjacent to an activating group) is 2. The van der Waals surface area contributed by atoms with Crippen molar-refractivity contribution >= 4 is 0 Å². The molecule has 2 atom stereocenters. The molecule has 7 nitrogen and oxygen atoms in total. The third-order valence-corrected chi connectivity index (χ3v) is 4.33. The maximum absolute atomic E-state index is 5.85. The maximum atomic E-state index is 5.85. The highest BCUT2D eigenvalue weighted by Gasteiger charge is 2.29. The second kappa shape index (κ2) is 7.84. The van der Waals surface area contributed by atoms with Gasteiger partial charge in [0.1, 0.15) is 12.2 Å². The smallest absolute Gasteiger partial charge is 0.138 e. The summed E-state index contributed by atoms with van der Waals surface area (Å²) in [5.41, 5.74) is 3.01. The molecule has 1 aromatic rings. The predicted molar refractivity (Wildman–Crippen MR) is 83.7 cm³/mol. The topological polar surface area (TPSA) is 75.2 Å². The van der Waals surface area contributed by atoms with Crippen LogP contribution in [0.2, 0.25) is 0 Å². The minimum Gasteiger partial charge on any atom is -0.305 e. The lowest BCUT2D eigenvalue weighted by Crippen LogP contribution is -2.55. The summed E-state index contributed by atoms with van der Waals surface area (Å²) in [6, 6.07) is 0.560. The van der Waals surface area contributed by atoms with Crippen LogP contribution >= 0.6 is 0 Å². The van der Waals surface area contributed by atoms with Crippen molar-refractivity contribution in [1.82, 2.24) is 30.0 Å². The fourth-order valence-electron chi connectivity index (χ4n) is 3.09. The van der Waals surface area contributed by atoms with E-state index in [0.717, 1.165) is 44.8 Å². The van der Waals surface area contributed by atoms with E-state index in [0.29, 0.717) is 6.04 Å². The van der Waals surface area contributed by atoms with E-state index in [1.807, 2.05) is 4.68 Å². The number of hydrazine groups is 1. The van der Waals surface area contributed by atoms with Gasteiger partial charge >= 0.3 is 0 Å². The average Bonchev–Trinajstić information content (AvgIpc) is 2.82. The second-order valence-electron chi connectivity index (χ2n) is 6.04. The van der Waals surface area contributed by atoms with E-state index in [-0.39, 0.29) is 6.04 Å². The molecule has 7 heteroatoms. The molecule has 2 rings (SSSR count). The summed E-state index contributed by atoms with van der Waals surface area (Å²) in [5, 5.41) is 4.30. The number of nitrogens with zero attached hydrogens (tertiary/aromatic N) is 5. The number of aromatic nitrogens is 3. The zero-order valence-corrected chi connectivity index (χ0v) is 13.5. The fraction of sp³-hybridized carbons (Fsp3) is 0.857. The zero-order chi connectivity index (χ0) is 15.2. The molecule has 1 aromatic heterocycles. The molecule has 0 bridgehead atoms. The van der Waals surface area contributed by atoms with Gasteiger partial charge in [-0.3, -0.25) is 16.0 Å². The van der Waals surface area contributed by atoms with E-state index in [4.69, 9.17) is 5.84 Å². The van der Waals surface area contributed by atoms with Crippen LogP contribution in [0.4, 0.5) is 0 Å². The lowest BCUT2D eigenvalue weighted by atomic mass is 10.0. The van der Waals surface area contributed by atoms with Crippen molar-refractivity contribution < 1.29 is 0 Å². The lowest BCUT2D eigenvalue weighted by Gasteiger charge is -2.34. The van der Waals surface area contributed by atoms with Crippen LogP contribution in [0.5, 0.6) is 0 Å². The van der Waals surface area contributed by atoms with Crippen LogP contribution in [0.1, 0.15) is 25.6 Å². The molecule has 0 saturated carbocycles. The molecular formula is C14H29N7. The van der Waals surface area contributed by atoms with Gasteiger partial charge in [0.15, 0.2) is 0 Å². The normalized spacial score (nSPS) is 23.1. The maximum Gasteiger partial charge on any atom is 0.138 e. The standard InChI is InChI=1S/C14H29N7/c1-4-6-21-14(16-11-17-21)9-12(18-15)13-10-19(2)7-5-8-20(13)3/h11-13,18H,4-10,15H2,1-3H3. The number of aryl methyl sites for hydroxylation is 1. The first-order chi connectivity index (χ1) is 10.2. The molecule has 0 spiro atoms. The van der Waals surface area contributed by atoms with Crippen LogP contribution in [0.15, 0.2) is 6.33 Å². The van der Waals surface area contributed by atoms with Crippen LogP contribution in [-0.4, -0.2) is 70.4 Å². The molecule has 1 saturated heterocycles. The molecule has 1 fully saturated rings. The highest BCUT2D eigenvalue weighted by Crippen LogP contribution is 2.13. The zero-order valence-electron chi connectivity index (χ0n) is 13.5. The van der Waals surface area contributed by atoms with E-state index in [1.165, 1.54) is 6.42 Å². The summed E-state index contributed by atoms with van der Waals surface area (Å²) in [5.74, 6) is 6.86. The third-order valence-electron chi connectivity index (χ3n) is 4.33. The monoisotopic (exact) mass is 295 g/mol. The van der Waals surface area contributed by atoms with Crippen LogP contribution < -0.4 is 11.3 Å². The molecule has 2 unspecified atom stereocenters. The Morgan fingerprint density at radius 1 is 1.43 bits per heavy atom. The van der Waals surface area contributed by atoms with Crippen LogP contribution in [0.25, 0.3) is 0 Å². The van der Waals surface area contributed by atoms with Crippen LogP contribution in [-0.2, 0) is 13.0 Å². The Hall–Kier alpha value is -1.02. The number of hydrogen-bond acceptors (Lipinski definition) is 6.